The van der Waals surface area contributed by atoms with Crippen LogP contribution in [0.2, 0.25) is 0 Å². The van der Waals surface area contributed by atoms with Crippen LogP contribution in [0.1, 0.15) is 28.9 Å². The fraction of sp³-hybridized carbons (Fsp3) is 0.273. The van der Waals surface area contributed by atoms with Gasteiger partial charge in [-0.15, -0.1) is 0 Å². The molecule has 1 amide bonds. The number of amides is 1. The van der Waals surface area contributed by atoms with Crippen molar-refractivity contribution in [1.29, 1.82) is 0 Å². The minimum atomic E-state index is -0.0353. The second-order valence-corrected chi connectivity index (χ2v) is 6.81. The van der Waals surface area contributed by atoms with E-state index in [1.54, 1.807) is 24.8 Å². The van der Waals surface area contributed by atoms with Gasteiger partial charge in [-0.05, 0) is 37.1 Å². The lowest BCUT2D eigenvalue weighted by Crippen LogP contribution is -2.37. The lowest BCUT2D eigenvalue weighted by molar-refractivity contribution is 0.0504. The maximum atomic E-state index is 13.3. The summed E-state index contributed by atoms with van der Waals surface area (Å²) in [6.07, 6.45) is 8.82. The molecule has 4 rings (SSSR count). The topological polar surface area (TPSA) is 68.2 Å². The average molecular weight is 374 g/mol. The lowest BCUT2D eigenvalue weighted by Gasteiger charge is -2.25. The molecule has 28 heavy (non-hydrogen) atoms. The van der Waals surface area contributed by atoms with Crippen molar-refractivity contribution < 1.29 is 9.53 Å². The maximum Gasteiger partial charge on any atom is 0.254 e. The van der Waals surface area contributed by atoms with Crippen LogP contribution in [0.15, 0.2) is 67.3 Å². The number of hydrogen-bond acceptors (Lipinski definition) is 5. The van der Waals surface area contributed by atoms with Gasteiger partial charge in [-0.25, -0.2) is 0 Å². The van der Waals surface area contributed by atoms with E-state index in [2.05, 4.69) is 15.0 Å². The van der Waals surface area contributed by atoms with Crippen LogP contribution in [0.5, 0.6) is 0 Å². The summed E-state index contributed by atoms with van der Waals surface area (Å²) in [5.41, 5.74) is 3.09. The molecule has 0 saturated carbocycles. The molecule has 3 heterocycles. The van der Waals surface area contributed by atoms with Crippen molar-refractivity contribution in [3.8, 4) is 11.3 Å². The number of pyridine rings is 1. The normalized spacial score (nSPS) is 16.1. The summed E-state index contributed by atoms with van der Waals surface area (Å²) < 4.78 is 5.77. The molecule has 142 valence electrons. The zero-order valence-corrected chi connectivity index (χ0v) is 15.6. The van der Waals surface area contributed by atoms with Gasteiger partial charge < -0.3 is 9.64 Å². The second-order valence-electron chi connectivity index (χ2n) is 6.81. The number of carbonyl (C=O) groups excluding carboxylic acids is 1. The summed E-state index contributed by atoms with van der Waals surface area (Å²) >= 11 is 0. The van der Waals surface area contributed by atoms with E-state index in [0.717, 1.165) is 36.4 Å². The van der Waals surface area contributed by atoms with Gasteiger partial charge in [-0.3, -0.25) is 19.7 Å². The zero-order valence-electron chi connectivity index (χ0n) is 15.6. The minimum Gasteiger partial charge on any atom is -0.376 e. The monoisotopic (exact) mass is 374 g/mol. The average Bonchev–Trinajstić information content (AvgIpc) is 3.27. The first kappa shape index (κ1) is 18.3. The molecule has 1 atom stereocenters. The molecule has 1 saturated heterocycles. The number of hydrogen-bond donors (Lipinski definition) is 0. The van der Waals surface area contributed by atoms with E-state index >= 15 is 0 Å². The van der Waals surface area contributed by atoms with Gasteiger partial charge in [0.25, 0.3) is 5.91 Å². The van der Waals surface area contributed by atoms with E-state index in [1.807, 2.05) is 47.4 Å². The molecule has 0 spiro atoms. The van der Waals surface area contributed by atoms with E-state index in [-0.39, 0.29) is 12.0 Å². The first-order chi connectivity index (χ1) is 13.8. The van der Waals surface area contributed by atoms with Crippen LogP contribution in [-0.4, -0.2) is 45.0 Å². The highest BCUT2D eigenvalue weighted by Gasteiger charge is 2.24. The molecule has 0 bridgehead atoms. The largest absolute Gasteiger partial charge is 0.376 e. The summed E-state index contributed by atoms with van der Waals surface area (Å²) in [6, 6.07) is 13.3. The van der Waals surface area contributed by atoms with Gasteiger partial charge in [-0.1, -0.05) is 18.2 Å². The van der Waals surface area contributed by atoms with Crippen LogP contribution >= 0.6 is 0 Å². The summed E-state index contributed by atoms with van der Waals surface area (Å²) in [5.74, 6) is -0.0353. The van der Waals surface area contributed by atoms with E-state index in [0.29, 0.717) is 18.7 Å². The zero-order chi connectivity index (χ0) is 19.2. The SMILES string of the molecule is O=C(c1cccc(-c2cnccn2)c1)N(Cc1ccccn1)C[C@@H]1CCCO1. The van der Waals surface area contributed by atoms with Crippen molar-refractivity contribution in [2.45, 2.75) is 25.5 Å². The molecular weight excluding hydrogens is 352 g/mol. The molecule has 0 N–H and O–H groups in total. The molecule has 0 aliphatic carbocycles. The first-order valence-electron chi connectivity index (χ1n) is 9.47. The van der Waals surface area contributed by atoms with E-state index in [1.165, 1.54) is 0 Å². The van der Waals surface area contributed by atoms with Gasteiger partial charge in [0.15, 0.2) is 0 Å². The molecule has 1 aromatic carbocycles. The predicted molar refractivity (Wildman–Crippen MR) is 105 cm³/mol. The van der Waals surface area contributed by atoms with Crippen LogP contribution in [0.25, 0.3) is 11.3 Å². The van der Waals surface area contributed by atoms with Gasteiger partial charge in [0, 0.05) is 42.9 Å². The van der Waals surface area contributed by atoms with E-state index < -0.39 is 0 Å². The summed E-state index contributed by atoms with van der Waals surface area (Å²) in [6.45, 7) is 1.78. The summed E-state index contributed by atoms with van der Waals surface area (Å²) in [7, 11) is 0. The van der Waals surface area contributed by atoms with Crippen molar-refractivity contribution in [1.82, 2.24) is 19.9 Å². The Bertz CT molecular complexity index is 912. The van der Waals surface area contributed by atoms with Crippen molar-refractivity contribution in [3.63, 3.8) is 0 Å². The Morgan fingerprint density at radius 1 is 1.11 bits per heavy atom. The smallest absolute Gasteiger partial charge is 0.254 e. The molecule has 0 radical (unpaired) electrons. The van der Waals surface area contributed by atoms with E-state index in [9.17, 15) is 4.79 Å². The van der Waals surface area contributed by atoms with Crippen molar-refractivity contribution in [3.05, 3.63) is 78.5 Å². The molecule has 2 aromatic heterocycles. The Labute approximate surface area is 164 Å². The fourth-order valence-electron chi connectivity index (χ4n) is 3.38. The van der Waals surface area contributed by atoms with Crippen LogP contribution in [0.4, 0.5) is 0 Å². The first-order valence-corrected chi connectivity index (χ1v) is 9.47. The Kier molecular flexibility index (Phi) is 5.68. The number of aromatic nitrogens is 3. The third-order valence-corrected chi connectivity index (χ3v) is 4.78. The van der Waals surface area contributed by atoms with Crippen molar-refractivity contribution >= 4 is 5.91 Å². The third kappa shape index (κ3) is 4.40. The number of nitrogens with zero attached hydrogens (tertiary/aromatic N) is 4. The Morgan fingerprint density at radius 2 is 2.07 bits per heavy atom. The molecule has 3 aromatic rings. The molecule has 1 aliphatic heterocycles. The predicted octanol–water partition coefficient (Wildman–Crippen LogP) is 3.36. The van der Waals surface area contributed by atoms with Gasteiger partial charge in [0.05, 0.1) is 30.2 Å². The number of ether oxygens (including phenoxy) is 1. The van der Waals surface area contributed by atoms with Gasteiger partial charge in [0.2, 0.25) is 0 Å². The molecule has 6 heteroatoms. The minimum absolute atomic E-state index is 0.0353. The summed E-state index contributed by atoms with van der Waals surface area (Å²) in [5, 5.41) is 0. The number of benzene rings is 1. The van der Waals surface area contributed by atoms with Gasteiger partial charge in [-0.2, -0.15) is 0 Å². The van der Waals surface area contributed by atoms with Gasteiger partial charge in [0.1, 0.15) is 0 Å². The molecule has 0 unspecified atom stereocenters. The molecule has 1 aliphatic rings. The van der Waals surface area contributed by atoms with Crippen LogP contribution in [0, 0.1) is 0 Å². The maximum absolute atomic E-state index is 13.3. The second kappa shape index (κ2) is 8.71. The Morgan fingerprint density at radius 3 is 2.82 bits per heavy atom. The van der Waals surface area contributed by atoms with Gasteiger partial charge >= 0.3 is 0 Å². The number of carbonyl (C=O) groups is 1. The van der Waals surface area contributed by atoms with Crippen molar-refractivity contribution in [2.75, 3.05) is 13.2 Å². The fourth-order valence-corrected chi connectivity index (χ4v) is 3.38. The quantitative estimate of drug-likeness (QED) is 0.662. The Balaban J connectivity index is 1.59. The molecule has 6 nitrogen and oxygen atoms in total. The molecule has 1 fully saturated rings. The molecular formula is C22H22N4O2. The van der Waals surface area contributed by atoms with Crippen LogP contribution < -0.4 is 0 Å². The van der Waals surface area contributed by atoms with Crippen molar-refractivity contribution in [2.24, 2.45) is 0 Å². The standard InChI is InChI=1S/C22H22N4O2/c27-22(18-6-3-5-17(13-18)21-14-23-10-11-25-21)26(16-20-8-4-12-28-20)15-19-7-1-2-9-24-19/h1-3,5-7,9-11,13-14,20H,4,8,12,15-16H2/t20-/m0/s1. The summed E-state index contributed by atoms with van der Waals surface area (Å²) in [4.78, 5) is 28.0. The highest BCUT2D eigenvalue weighted by molar-refractivity contribution is 5.95. The van der Waals surface area contributed by atoms with E-state index in [4.69, 9.17) is 4.74 Å². The van der Waals surface area contributed by atoms with Crippen LogP contribution in [-0.2, 0) is 11.3 Å². The van der Waals surface area contributed by atoms with Crippen LogP contribution in [0.3, 0.4) is 0 Å². The number of rotatable bonds is 6. The highest BCUT2D eigenvalue weighted by atomic mass is 16.5. The Hall–Kier alpha value is -3.12. The third-order valence-electron chi connectivity index (χ3n) is 4.78. The highest BCUT2D eigenvalue weighted by Crippen LogP contribution is 2.20. The lowest BCUT2D eigenvalue weighted by atomic mass is 10.1.